The lowest BCUT2D eigenvalue weighted by atomic mass is 10.1. The third-order valence-electron chi connectivity index (χ3n) is 3.44. The first kappa shape index (κ1) is 20.5. The fourth-order valence-electron chi connectivity index (χ4n) is 2.38. The summed E-state index contributed by atoms with van der Waals surface area (Å²) < 4.78 is 54.9. The van der Waals surface area contributed by atoms with E-state index < -0.39 is 41.8 Å². The van der Waals surface area contributed by atoms with Gasteiger partial charge in [-0.1, -0.05) is 11.6 Å². The van der Waals surface area contributed by atoms with Gasteiger partial charge in [-0.2, -0.15) is 13.2 Å². The zero-order valence-electron chi connectivity index (χ0n) is 13.4. The predicted octanol–water partition coefficient (Wildman–Crippen LogP) is 3.52. The van der Waals surface area contributed by atoms with Crippen molar-refractivity contribution in [3.8, 4) is 0 Å². The third-order valence-corrected chi connectivity index (χ3v) is 4.26. The Hall–Kier alpha value is -1.78. The van der Waals surface area contributed by atoms with Gasteiger partial charge in [0.1, 0.15) is 12.4 Å². The molecule has 2 rings (SSSR count). The minimum absolute atomic E-state index is 0.0477. The zero-order chi connectivity index (χ0) is 19.6. The number of carbonyl (C=O) groups is 2. The molecule has 0 unspecified atom stereocenters. The number of alkyl halides is 3. The van der Waals surface area contributed by atoms with Gasteiger partial charge in [-0.15, -0.1) is 0 Å². The molecule has 0 atom stereocenters. The summed E-state index contributed by atoms with van der Waals surface area (Å²) in [6.07, 6.45) is -4.78. The summed E-state index contributed by atoms with van der Waals surface area (Å²) in [6.45, 7) is -0.742. The molecule has 11 heteroatoms. The van der Waals surface area contributed by atoms with Crippen LogP contribution in [0.2, 0.25) is 5.02 Å². The molecule has 1 aromatic rings. The molecular formula is C15H12BrClF3NO5. The van der Waals surface area contributed by atoms with Gasteiger partial charge in [-0.3, -0.25) is 0 Å². The van der Waals surface area contributed by atoms with Gasteiger partial charge in [0.25, 0.3) is 0 Å². The van der Waals surface area contributed by atoms with Crippen molar-refractivity contribution in [2.24, 2.45) is 0 Å². The van der Waals surface area contributed by atoms with Crippen LogP contribution in [0.1, 0.15) is 5.56 Å². The lowest BCUT2D eigenvalue weighted by Gasteiger charge is -2.33. The van der Waals surface area contributed by atoms with Crippen molar-refractivity contribution in [3.05, 3.63) is 38.5 Å². The minimum Gasteiger partial charge on any atom is -0.466 e. The standard InChI is InChI=1S/C15H12BrClF3NO5/c1-24-13(22)8-5-26-6-21(11(8)14(23)25-2)12-9(15(18,19)20)3-7(17)4-10(12)16/h3-4H,5-6H2,1-2H3. The van der Waals surface area contributed by atoms with Crippen molar-refractivity contribution >= 4 is 45.2 Å². The first-order chi connectivity index (χ1) is 12.1. The molecule has 0 spiro atoms. The number of halogens is 5. The number of anilines is 1. The summed E-state index contributed by atoms with van der Waals surface area (Å²) in [7, 11) is 2.11. The van der Waals surface area contributed by atoms with Crippen LogP contribution in [0.4, 0.5) is 18.9 Å². The summed E-state index contributed by atoms with van der Waals surface area (Å²) in [4.78, 5) is 25.1. The highest BCUT2D eigenvalue weighted by Gasteiger charge is 2.40. The molecule has 1 heterocycles. The topological polar surface area (TPSA) is 65.1 Å². The number of benzene rings is 1. The van der Waals surface area contributed by atoms with Crippen molar-refractivity contribution in [1.82, 2.24) is 0 Å². The Morgan fingerprint density at radius 3 is 2.38 bits per heavy atom. The SMILES string of the molecule is COC(=O)C1=C(C(=O)OC)N(c2c(Br)cc(Cl)cc2C(F)(F)F)COC1. The van der Waals surface area contributed by atoms with Crippen LogP contribution in [0, 0.1) is 0 Å². The number of nitrogens with zero attached hydrogens (tertiary/aromatic N) is 1. The van der Waals surface area contributed by atoms with E-state index in [0.717, 1.165) is 19.1 Å². The molecule has 1 aliphatic heterocycles. The van der Waals surface area contributed by atoms with Crippen LogP contribution >= 0.6 is 27.5 Å². The van der Waals surface area contributed by atoms with E-state index in [9.17, 15) is 22.8 Å². The van der Waals surface area contributed by atoms with Gasteiger partial charge in [0.15, 0.2) is 0 Å². The van der Waals surface area contributed by atoms with Crippen LogP contribution in [0.3, 0.4) is 0 Å². The number of esters is 2. The maximum Gasteiger partial charge on any atom is 0.418 e. The second-order valence-electron chi connectivity index (χ2n) is 5.00. The normalized spacial score (nSPS) is 15.1. The summed E-state index contributed by atoms with van der Waals surface area (Å²) in [6, 6.07) is 1.94. The Morgan fingerprint density at radius 1 is 1.23 bits per heavy atom. The van der Waals surface area contributed by atoms with Crippen LogP contribution < -0.4 is 4.90 Å². The first-order valence-corrected chi connectivity index (χ1v) is 8.10. The van der Waals surface area contributed by atoms with E-state index in [1.54, 1.807) is 0 Å². The first-order valence-electron chi connectivity index (χ1n) is 6.93. The average molecular weight is 459 g/mol. The maximum absolute atomic E-state index is 13.5. The molecule has 0 saturated heterocycles. The smallest absolute Gasteiger partial charge is 0.418 e. The molecule has 0 bridgehead atoms. The van der Waals surface area contributed by atoms with Crippen LogP contribution in [0.25, 0.3) is 0 Å². The molecule has 0 amide bonds. The summed E-state index contributed by atoms with van der Waals surface area (Å²) >= 11 is 8.76. The van der Waals surface area contributed by atoms with E-state index in [1.807, 2.05) is 0 Å². The van der Waals surface area contributed by atoms with Crippen molar-refractivity contribution in [2.75, 3.05) is 32.5 Å². The largest absolute Gasteiger partial charge is 0.466 e. The second-order valence-corrected chi connectivity index (χ2v) is 6.29. The van der Waals surface area contributed by atoms with Gasteiger partial charge in [0.05, 0.1) is 37.7 Å². The molecule has 0 saturated carbocycles. The number of hydrogen-bond donors (Lipinski definition) is 0. The van der Waals surface area contributed by atoms with E-state index in [2.05, 4.69) is 25.4 Å². The second kappa shape index (κ2) is 7.85. The number of methoxy groups -OCH3 is 2. The van der Waals surface area contributed by atoms with E-state index in [0.29, 0.717) is 6.07 Å². The number of ether oxygens (including phenoxy) is 3. The third kappa shape index (κ3) is 3.97. The Labute approximate surface area is 159 Å². The lowest BCUT2D eigenvalue weighted by Crippen LogP contribution is -2.39. The monoisotopic (exact) mass is 457 g/mol. The van der Waals surface area contributed by atoms with Gasteiger partial charge >= 0.3 is 18.1 Å². The number of hydrogen-bond acceptors (Lipinski definition) is 6. The Kier molecular flexibility index (Phi) is 6.20. The van der Waals surface area contributed by atoms with Crippen LogP contribution in [-0.2, 0) is 30.0 Å². The summed E-state index contributed by atoms with van der Waals surface area (Å²) in [5.74, 6) is -1.93. The molecular weight excluding hydrogens is 447 g/mol. The predicted molar refractivity (Wildman–Crippen MR) is 88.5 cm³/mol. The molecule has 1 aliphatic rings. The Balaban J connectivity index is 2.77. The molecule has 0 fully saturated rings. The molecule has 6 nitrogen and oxygen atoms in total. The van der Waals surface area contributed by atoms with E-state index in [4.69, 9.17) is 16.3 Å². The molecule has 1 aromatic carbocycles. The average Bonchev–Trinajstić information content (AvgIpc) is 2.58. The van der Waals surface area contributed by atoms with Crippen LogP contribution in [0.5, 0.6) is 0 Å². The maximum atomic E-state index is 13.5. The molecule has 142 valence electrons. The zero-order valence-corrected chi connectivity index (χ0v) is 15.8. The van der Waals surface area contributed by atoms with Crippen molar-refractivity contribution in [1.29, 1.82) is 0 Å². The molecule has 0 N–H and O–H groups in total. The summed E-state index contributed by atoms with van der Waals surface area (Å²) in [5.41, 5.74) is -2.23. The van der Waals surface area contributed by atoms with Crippen molar-refractivity contribution in [2.45, 2.75) is 6.18 Å². The fraction of sp³-hybridized carbons (Fsp3) is 0.333. The van der Waals surface area contributed by atoms with E-state index in [1.165, 1.54) is 6.07 Å². The number of rotatable bonds is 3. The number of carbonyl (C=O) groups excluding carboxylic acids is 2. The summed E-state index contributed by atoms with van der Waals surface area (Å²) in [5, 5.41) is -0.164. The Bertz CT molecular complexity index is 781. The van der Waals surface area contributed by atoms with Gasteiger partial charge in [0, 0.05) is 9.50 Å². The minimum atomic E-state index is -4.78. The fourth-order valence-corrected chi connectivity index (χ4v) is 3.40. The quantitative estimate of drug-likeness (QED) is 0.646. The highest BCUT2D eigenvalue weighted by atomic mass is 79.9. The van der Waals surface area contributed by atoms with Crippen LogP contribution in [0.15, 0.2) is 27.9 Å². The highest BCUT2D eigenvalue weighted by Crippen LogP contribution is 2.44. The van der Waals surface area contributed by atoms with Crippen molar-refractivity contribution < 1.29 is 37.0 Å². The van der Waals surface area contributed by atoms with E-state index >= 15 is 0 Å². The highest BCUT2D eigenvalue weighted by molar-refractivity contribution is 9.10. The van der Waals surface area contributed by atoms with Gasteiger partial charge in [-0.25, -0.2) is 9.59 Å². The van der Waals surface area contributed by atoms with Crippen LogP contribution in [-0.4, -0.2) is 39.5 Å². The Morgan fingerprint density at radius 2 is 1.85 bits per heavy atom. The van der Waals surface area contributed by atoms with Gasteiger partial charge in [-0.05, 0) is 28.1 Å². The van der Waals surface area contributed by atoms with E-state index in [-0.39, 0.29) is 21.7 Å². The molecule has 0 aromatic heterocycles. The molecule has 26 heavy (non-hydrogen) atoms. The van der Waals surface area contributed by atoms with Gasteiger partial charge in [0.2, 0.25) is 0 Å². The molecule has 0 aliphatic carbocycles. The van der Waals surface area contributed by atoms with Crippen molar-refractivity contribution in [3.63, 3.8) is 0 Å². The lowest BCUT2D eigenvalue weighted by molar-refractivity contribution is -0.141. The molecule has 0 radical (unpaired) electrons. The van der Waals surface area contributed by atoms with Gasteiger partial charge < -0.3 is 19.1 Å².